The maximum atomic E-state index is 13.2. The summed E-state index contributed by atoms with van der Waals surface area (Å²) in [6, 6.07) is 12.1. The highest BCUT2D eigenvalue weighted by Gasteiger charge is 2.32. The van der Waals surface area contributed by atoms with Crippen LogP contribution in [-0.4, -0.2) is 65.0 Å². The number of fused-ring (bicyclic) bond motifs is 1. The van der Waals surface area contributed by atoms with Crippen LogP contribution >= 0.6 is 0 Å². The maximum absolute atomic E-state index is 13.2. The van der Waals surface area contributed by atoms with Crippen LogP contribution < -0.4 is 4.74 Å². The van der Waals surface area contributed by atoms with E-state index >= 15 is 0 Å². The first-order valence-corrected chi connectivity index (χ1v) is 12.0. The number of amides is 1. The Morgan fingerprint density at radius 3 is 2.54 bits per heavy atom. The van der Waals surface area contributed by atoms with E-state index < -0.39 is 0 Å². The number of aromatic nitrogens is 1. The molecule has 0 unspecified atom stereocenters. The van der Waals surface area contributed by atoms with E-state index in [1.807, 2.05) is 24.8 Å². The number of benzene rings is 2. The first-order valence-electron chi connectivity index (χ1n) is 12.0. The molecule has 1 saturated heterocycles. The van der Waals surface area contributed by atoms with Gasteiger partial charge >= 0.3 is 5.97 Å². The van der Waals surface area contributed by atoms with Gasteiger partial charge in [-0.2, -0.15) is 0 Å². The molecule has 2 atom stereocenters. The molecular formula is C27H32FN3O4. The second-order valence-corrected chi connectivity index (χ2v) is 9.14. The first-order chi connectivity index (χ1) is 16.8. The van der Waals surface area contributed by atoms with Gasteiger partial charge in [-0.3, -0.25) is 9.69 Å². The molecule has 1 aliphatic heterocycles. The lowest BCUT2D eigenvalue weighted by molar-refractivity contribution is -0.139. The number of H-pyrrole nitrogens is 1. The molecule has 7 nitrogen and oxygen atoms in total. The standard InChI is InChI=1S/C27H32FN3O4/c1-5-34-27(33)26-19(4)29-24-11-10-22(12-23(24)26)35-16-25(32)31-14-17(2)30(13-18(31)3)15-20-6-8-21(28)9-7-20/h6-12,17-18,29H,5,13-16H2,1-4H3/t17-,18+/m0/s1. The van der Waals surface area contributed by atoms with Crippen molar-refractivity contribution in [2.45, 2.75) is 46.3 Å². The van der Waals surface area contributed by atoms with Crippen LogP contribution in [0.25, 0.3) is 10.9 Å². The largest absolute Gasteiger partial charge is 0.484 e. The predicted molar refractivity (Wildman–Crippen MR) is 132 cm³/mol. The van der Waals surface area contributed by atoms with Gasteiger partial charge in [-0.05, 0) is 63.6 Å². The highest BCUT2D eigenvalue weighted by Crippen LogP contribution is 2.27. The van der Waals surface area contributed by atoms with Crippen LogP contribution in [0.3, 0.4) is 0 Å². The summed E-state index contributed by atoms with van der Waals surface area (Å²) in [5.41, 5.74) is 3.07. The van der Waals surface area contributed by atoms with E-state index in [-0.39, 0.29) is 36.4 Å². The molecule has 8 heteroatoms. The van der Waals surface area contributed by atoms with Gasteiger partial charge in [0.05, 0.1) is 12.2 Å². The van der Waals surface area contributed by atoms with Gasteiger partial charge in [0.15, 0.2) is 6.61 Å². The molecule has 1 aliphatic rings. The summed E-state index contributed by atoms with van der Waals surface area (Å²) in [5.74, 6) is -0.188. The lowest BCUT2D eigenvalue weighted by atomic mass is 10.1. The van der Waals surface area contributed by atoms with Crippen LogP contribution in [0.4, 0.5) is 4.39 Å². The van der Waals surface area contributed by atoms with E-state index in [9.17, 15) is 14.0 Å². The van der Waals surface area contributed by atoms with Gasteiger partial charge in [-0.1, -0.05) is 12.1 Å². The van der Waals surface area contributed by atoms with E-state index in [2.05, 4.69) is 16.8 Å². The molecule has 4 rings (SSSR count). The zero-order chi connectivity index (χ0) is 25.1. The Bertz CT molecular complexity index is 1210. The molecular weight excluding hydrogens is 449 g/mol. The first kappa shape index (κ1) is 24.7. The van der Waals surface area contributed by atoms with Crippen LogP contribution in [-0.2, 0) is 16.1 Å². The number of piperazine rings is 1. The number of carbonyl (C=O) groups is 2. The van der Waals surface area contributed by atoms with E-state index in [1.54, 1.807) is 31.2 Å². The molecule has 2 heterocycles. The quantitative estimate of drug-likeness (QED) is 0.510. The third-order valence-electron chi connectivity index (χ3n) is 6.53. The maximum Gasteiger partial charge on any atom is 0.340 e. The van der Waals surface area contributed by atoms with E-state index in [0.29, 0.717) is 36.4 Å². The molecule has 186 valence electrons. The summed E-state index contributed by atoms with van der Waals surface area (Å²) >= 11 is 0. The lowest BCUT2D eigenvalue weighted by Crippen LogP contribution is -2.58. The van der Waals surface area contributed by atoms with Crippen LogP contribution in [0.5, 0.6) is 5.75 Å². The number of hydrogen-bond donors (Lipinski definition) is 1. The number of nitrogens with zero attached hydrogens (tertiary/aromatic N) is 2. The van der Waals surface area contributed by atoms with Crippen LogP contribution in [0.15, 0.2) is 42.5 Å². The average molecular weight is 482 g/mol. The van der Waals surface area contributed by atoms with E-state index in [1.165, 1.54) is 12.1 Å². The number of esters is 1. The summed E-state index contributed by atoms with van der Waals surface area (Å²) in [6.45, 7) is 9.96. The van der Waals surface area contributed by atoms with Crippen molar-refractivity contribution in [1.82, 2.24) is 14.8 Å². The van der Waals surface area contributed by atoms with Gasteiger partial charge in [0, 0.05) is 48.3 Å². The number of rotatable bonds is 7. The Labute approximate surface area is 204 Å². The number of hydrogen-bond acceptors (Lipinski definition) is 5. The van der Waals surface area contributed by atoms with Gasteiger partial charge in [0.25, 0.3) is 5.91 Å². The molecule has 1 fully saturated rings. The number of carbonyl (C=O) groups excluding carboxylic acids is 2. The Hall–Kier alpha value is -3.39. The Morgan fingerprint density at radius 2 is 1.83 bits per heavy atom. The fraction of sp³-hybridized carbons (Fsp3) is 0.407. The summed E-state index contributed by atoms with van der Waals surface area (Å²) < 4.78 is 24.2. The summed E-state index contributed by atoms with van der Waals surface area (Å²) in [5, 5.41) is 0.710. The van der Waals surface area contributed by atoms with Crippen molar-refractivity contribution in [1.29, 1.82) is 0 Å². The molecule has 1 N–H and O–H groups in total. The lowest BCUT2D eigenvalue weighted by Gasteiger charge is -2.44. The van der Waals surface area contributed by atoms with Gasteiger partial charge in [-0.25, -0.2) is 9.18 Å². The van der Waals surface area contributed by atoms with Crippen molar-refractivity contribution in [3.63, 3.8) is 0 Å². The topological polar surface area (TPSA) is 74.9 Å². The Morgan fingerprint density at radius 1 is 1.09 bits per heavy atom. The molecule has 1 aromatic heterocycles. The normalized spacial score (nSPS) is 18.6. The number of nitrogens with one attached hydrogen (secondary N) is 1. The number of aromatic amines is 1. The van der Waals surface area contributed by atoms with Gasteiger partial charge < -0.3 is 19.4 Å². The SMILES string of the molecule is CCOC(=O)c1c(C)[nH]c2ccc(OCC(=O)N3C[C@H](C)N(Cc4ccc(F)cc4)C[C@H]3C)cc12. The van der Waals surface area contributed by atoms with Crippen molar-refractivity contribution in [2.75, 3.05) is 26.3 Å². The number of ether oxygens (including phenoxy) is 2. The molecule has 0 saturated carbocycles. The minimum atomic E-state index is -0.384. The van der Waals surface area contributed by atoms with Gasteiger partial charge in [-0.15, -0.1) is 0 Å². The molecule has 0 bridgehead atoms. The highest BCUT2D eigenvalue weighted by atomic mass is 19.1. The number of halogens is 1. The summed E-state index contributed by atoms with van der Waals surface area (Å²) in [6.07, 6.45) is 0. The van der Waals surface area contributed by atoms with E-state index in [0.717, 1.165) is 23.3 Å². The monoisotopic (exact) mass is 481 g/mol. The van der Waals surface area contributed by atoms with Gasteiger partial charge in [0.1, 0.15) is 11.6 Å². The third kappa shape index (κ3) is 5.48. The Kier molecular flexibility index (Phi) is 7.40. The fourth-order valence-corrected chi connectivity index (χ4v) is 4.68. The molecule has 35 heavy (non-hydrogen) atoms. The molecule has 3 aromatic rings. The van der Waals surface area contributed by atoms with Gasteiger partial charge in [0.2, 0.25) is 0 Å². The van der Waals surface area contributed by atoms with Crippen molar-refractivity contribution >= 4 is 22.8 Å². The summed E-state index contributed by atoms with van der Waals surface area (Å²) in [7, 11) is 0. The molecule has 0 spiro atoms. The zero-order valence-electron chi connectivity index (χ0n) is 20.6. The van der Waals surface area contributed by atoms with Crippen LogP contribution in [0, 0.1) is 12.7 Å². The van der Waals surface area contributed by atoms with Crippen LogP contribution in [0.2, 0.25) is 0 Å². The second kappa shape index (κ2) is 10.5. The summed E-state index contributed by atoms with van der Waals surface area (Å²) in [4.78, 5) is 32.8. The smallest absolute Gasteiger partial charge is 0.340 e. The average Bonchev–Trinajstić information content (AvgIpc) is 3.16. The van der Waals surface area contributed by atoms with Crippen molar-refractivity contribution in [2.24, 2.45) is 0 Å². The molecule has 0 radical (unpaired) electrons. The predicted octanol–water partition coefficient (Wildman–Crippen LogP) is 4.29. The minimum absolute atomic E-state index is 0.0213. The zero-order valence-corrected chi connectivity index (χ0v) is 20.6. The molecule has 0 aliphatic carbocycles. The Balaban J connectivity index is 1.39. The van der Waals surface area contributed by atoms with Crippen molar-refractivity contribution < 1.29 is 23.5 Å². The number of aryl methyl sites for hydroxylation is 1. The van der Waals surface area contributed by atoms with E-state index in [4.69, 9.17) is 9.47 Å². The van der Waals surface area contributed by atoms with Crippen molar-refractivity contribution in [3.05, 3.63) is 65.1 Å². The molecule has 2 aromatic carbocycles. The fourth-order valence-electron chi connectivity index (χ4n) is 4.68. The highest BCUT2D eigenvalue weighted by molar-refractivity contribution is 6.06. The third-order valence-corrected chi connectivity index (χ3v) is 6.53. The minimum Gasteiger partial charge on any atom is -0.484 e. The molecule has 1 amide bonds. The second-order valence-electron chi connectivity index (χ2n) is 9.14. The van der Waals surface area contributed by atoms with Crippen molar-refractivity contribution in [3.8, 4) is 5.75 Å². The van der Waals surface area contributed by atoms with Crippen LogP contribution in [0.1, 0.15) is 42.4 Å².